The second-order valence-electron chi connectivity index (χ2n) is 5.53. The predicted octanol–water partition coefficient (Wildman–Crippen LogP) is 2.09. The minimum absolute atomic E-state index is 0.197. The van der Waals surface area contributed by atoms with E-state index in [9.17, 15) is 4.79 Å². The molecule has 0 atom stereocenters. The van der Waals surface area contributed by atoms with Gasteiger partial charge in [-0.15, -0.1) is 0 Å². The third-order valence-electron chi connectivity index (χ3n) is 3.85. The molecule has 0 bridgehead atoms. The van der Waals surface area contributed by atoms with E-state index in [2.05, 4.69) is 25.6 Å². The molecule has 3 aromatic heterocycles. The summed E-state index contributed by atoms with van der Waals surface area (Å²) >= 11 is 1.85. The molecule has 1 amide bonds. The number of hydrogen-bond donors (Lipinski definition) is 2. The lowest BCUT2D eigenvalue weighted by molar-refractivity contribution is 0.102. The van der Waals surface area contributed by atoms with Crippen molar-refractivity contribution in [3.63, 3.8) is 0 Å². The van der Waals surface area contributed by atoms with Crippen molar-refractivity contribution in [3.8, 4) is 0 Å². The normalized spacial score (nSPS) is 13.5. The van der Waals surface area contributed by atoms with Crippen LogP contribution in [0.1, 0.15) is 27.4 Å². The maximum absolute atomic E-state index is 12.5. The van der Waals surface area contributed by atoms with Crippen molar-refractivity contribution in [1.29, 1.82) is 0 Å². The van der Waals surface area contributed by atoms with E-state index in [1.165, 1.54) is 0 Å². The number of fused-ring (bicyclic) bond motifs is 1. The first-order valence-corrected chi connectivity index (χ1v) is 8.82. The number of nitrogens with one attached hydrogen (secondary N) is 2. The number of nitrogens with zero attached hydrogens (tertiary/aromatic N) is 4. The van der Waals surface area contributed by atoms with Gasteiger partial charge in [-0.25, -0.2) is 0 Å². The Kier molecular flexibility index (Phi) is 4.04. The Morgan fingerprint density at radius 1 is 1.42 bits per heavy atom. The zero-order valence-corrected chi connectivity index (χ0v) is 13.7. The van der Waals surface area contributed by atoms with Crippen LogP contribution in [0.5, 0.6) is 0 Å². The summed E-state index contributed by atoms with van der Waals surface area (Å²) in [7, 11) is 0. The van der Waals surface area contributed by atoms with Gasteiger partial charge in [0, 0.05) is 29.4 Å². The molecular weight excluding hydrogens is 324 g/mol. The number of rotatable bonds is 4. The van der Waals surface area contributed by atoms with E-state index in [0.29, 0.717) is 17.9 Å². The number of carbonyl (C=O) groups is 1. The van der Waals surface area contributed by atoms with Gasteiger partial charge in [0.15, 0.2) is 5.69 Å². The molecule has 0 aliphatic carbocycles. The van der Waals surface area contributed by atoms with Gasteiger partial charge in [-0.1, -0.05) is 6.07 Å². The summed E-state index contributed by atoms with van der Waals surface area (Å²) in [5.41, 5.74) is 4.15. The SMILES string of the molecule is O=C(Nc1cnn(Cc2ccccn2)c1)c1n[nH]c2c1CCSC2. The van der Waals surface area contributed by atoms with E-state index in [0.717, 1.165) is 34.9 Å². The summed E-state index contributed by atoms with van der Waals surface area (Å²) in [6.07, 6.45) is 6.05. The van der Waals surface area contributed by atoms with E-state index >= 15 is 0 Å². The highest BCUT2D eigenvalue weighted by molar-refractivity contribution is 7.98. The molecule has 1 aliphatic rings. The largest absolute Gasteiger partial charge is 0.318 e. The first kappa shape index (κ1) is 14.9. The van der Waals surface area contributed by atoms with E-state index in [1.54, 1.807) is 23.3 Å². The minimum Gasteiger partial charge on any atom is -0.318 e. The Morgan fingerprint density at radius 3 is 3.25 bits per heavy atom. The smallest absolute Gasteiger partial charge is 0.276 e. The van der Waals surface area contributed by atoms with Crippen molar-refractivity contribution in [2.45, 2.75) is 18.7 Å². The minimum atomic E-state index is -0.197. The Hall–Kier alpha value is -2.61. The molecule has 0 saturated carbocycles. The topological polar surface area (TPSA) is 88.5 Å². The summed E-state index contributed by atoms with van der Waals surface area (Å²) in [4.78, 5) is 16.7. The second-order valence-corrected chi connectivity index (χ2v) is 6.64. The number of anilines is 1. The van der Waals surface area contributed by atoms with E-state index in [1.807, 2.05) is 30.0 Å². The Morgan fingerprint density at radius 2 is 2.38 bits per heavy atom. The monoisotopic (exact) mass is 340 g/mol. The lowest BCUT2D eigenvalue weighted by atomic mass is 10.1. The highest BCUT2D eigenvalue weighted by Crippen LogP contribution is 2.25. The number of pyridine rings is 1. The van der Waals surface area contributed by atoms with Crippen molar-refractivity contribution in [1.82, 2.24) is 25.0 Å². The van der Waals surface area contributed by atoms with Crippen LogP contribution in [-0.4, -0.2) is 36.6 Å². The first-order chi connectivity index (χ1) is 11.8. The average molecular weight is 340 g/mol. The van der Waals surface area contributed by atoms with Gasteiger partial charge in [-0.05, 0) is 24.3 Å². The third-order valence-corrected chi connectivity index (χ3v) is 4.84. The van der Waals surface area contributed by atoms with Gasteiger partial charge < -0.3 is 5.32 Å². The molecular formula is C16H16N6OS. The van der Waals surface area contributed by atoms with Crippen LogP contribution in [0, 0.1) is 0 Å². The first-order valence-electron chi connectivity index (χ1n) is 7.67. The second kappa shape index (κ2) is 6.48. The number of thioether (sulfide) groups is 1. The highest BCUT2D eigenvalue weighted by Gasteiger charge is 2.22. The number of aromatic nitrogens is 5. The molecule has 4 heterocycles. The fourth-order valence-electron chi connectivity index (χ4n) is 2.69. The van der Waals surface area contributed by atoms with Crippen LogP contribution in [0.3, 0.4) is 0 Å². The van der Waals surface area contributed by atoms with Crippen LogP contribution in [0.4, 0.5) is 5.69 Å². The van der Waals surface area contributed by atoms with Crippen LogP contribution in [0.15, 0.2) is 36.8 Å². The van der Waals surface area contributed by atoms with Gasteiger partial charge >= 0.3 is 0 Å². The van der Waals surface area contributed by atoms with Gasteiger partial charge in [0.25, 0.3) is 5.91 Å². The predicted molar refractivity (Wildman–Crippen MR) is 92.0 cm³/mol. The summed E-state index contributed by atoms with van der Waals surface area (Å²) < 4.78 is 1.74. The fraction of sp³-hybridized carbons (Fsp3) is 0.250. The molecule has 2 N–H and O–H groups in total. The van der Waals surface area contributed by atoms with Crippen LogP contribution < -0.4 is 5.32 Å². The maximum Gasteiger partial charge on any atom is 0.276 e. The fourth-order valence-corrected chi connectivity index (χ4v) is 3.62. The number of carbonyl (C=O) groups excluding carboxylic acids is 1. The molecule has 0 unspecified atom stereocenters. The highest BCUT2D eigenvalue weighted by atomic mass is 32.2. The molecule has 8 heteroatoms. The van der Waals surface area contributed by atoms with Crippen molar-refractivity contribution in [2.24, 2.45) is 0 Å². The lowest BCUT2D eigenvalue weighted by Crippen LogP contribution is -2.15. The molecule has 0 radical (unpaired) electrons. The van der Waals surface area contributed by atoms with Crippen LogP contribution >= 0.6 is 11.8 Å². The molecule has 24 heavy (non-hydrogen) atoms. The van der Waals surface area contributed by atoms with Gasteiger partial charge in [-0.3, -0.25) is 19.6 Å². The van der Waals surface area contributed by atoms with Crippen molar-refractivity contribution < 1.29 is 4.79 Å². The molecule has 4 rings (SSSR count). The van der Waals surface area contributed by atoms with Crippen molar-refractivity contribution in [2.75, 3.05) is 11.1 Å². The molecule has 3 aromatic rings. The summed E-state index contributed by atoms with van der Waals surface area (Å²) in [6, 6.07) is 5.75. The quantitative estimate of drug-likeness (QED) is 0.759. The molecule has 7 nitrogen and oxygen atoms in total. The number of hydrogen-bond acceptors (Lipinski definition) is 5. The van der Waals surface area contributed by atoms with Crippen LogP contribution in [0.2, 0.25) is 0 Å². The molecule has 0 saturated heterocycles. The Labute approximate surface area is 142 Å². The third kappa shape index (κ3) is 3.05. The lowest BCUT2D eigenvalue weighted by Gasteiger charge is -2.10. The van der Waals surface area contributed by atoms with Gasteiger partial charge in [0.1, 0.15) is 0 Å². The van der Waals surface area contributed by atoms with Crippen molar-refractivity contribution >= 4 is 23.4 Å². The Balaban J connectivity index is 1.46. The number of amides is 1. The molecule has 1 aliphatic heterocycles. The summed E-state index contributed by atoms with van der Waals surface area (Å²) in [5, 5.41) is 14.3. The van der Waals surface area contributed by atoms with E-state index in [-0.39, 0.29) is 5.91 Å². The van der Waals surface area contributed by atoms with Gasteiger partial charge in [0.2, 0.25) is 0 Å². The zero-order chi connectivity index (χ0) is 16.4. The van der Waals surface area contributed by atoms with Crippen molar-refractivity contribution in [3.05, 3.63) is 59.4 Å². The van der Waals surface area contributed by atoms with Crippen LogP contribution in [-0.2, 0) is 18.7 Å². The number of aromatic amines is 1. The van der Waals surface area contributed by atoms with Gasteiger partial charge in [-0.2, -0.15) is 22.0 Å². The molecule has 122 valence electrons. The number of H-pyrrole nitrogens is 1. The molecule has 0 aromatic carbocycles. The summed E-state index contributed by atoms with van der Waals surface area (Å²) in [5.74, 6) is 1.71. The molecule has 0 fully saturated rings. The van der Waals surface area contributed by atoms with Gasteiger partial charge in [0.05, 0.1) is 24.1 Å². The van der Waals surface area contributed by atoms with Crippen LogP contribution in [0.25, 0.3) is 0 Å². The zero-order valence-electron chi connectivity index (χ0n) is 12.9. The summed E-state index contributed by atoms with van der Waals surface area (Å²) in [6.45, 7) is 0.561. The maximum atomic E-state index is 12.5. The standard InChI is InChI=1S/C16H16N6OS/c23-16(15-13-4-6-24-10-14(13)20-21-15)19-12-7-18-22(9-12)8-11-3-1-2-5-17-11/h1-3,5,7,9H,4,6,8,10H2,(H,19,23)(H,20,21). The van der Waals surface area contributed by atoms with E-state index < -0.39 is 0 Å². The van der Waals surface area contributed by atoms with E-state index in [4.69, 9.17) is 0 Å². The average Bonchev–Trinajstić information content (AvgIpc) is 3.22. The molecule has 0 spiro atoms. The Bertz CT molecular complexity index is 857.